The minimum absolute atomic E-state index is 0.100. The zero-order valence-corrected chi connectivity index (χ0v) is 11.9. The van der Waals surface area contributed by atoms with Crippen LogP contribution in [0.15, 0.2) is 0 Å². The van der Waals surface area contributed by atoms with E-state index in [1.165, 1.54) is 0 Å². The van der Waals surface area contributed by atoms with Gasteiger partial charge in [0.15, 0.2) is 0 Å². The molecule has 2 N–H and O–H groups in total. The van der Waals surface area contributed by atoms with E-state index in [-0.39, 0.29) is 18.6 Å². The number of piperidine rings is 1. The molecular weight excluding hydrogens is 248 g/mol. The predicted molar refractivity (Wildman–Crippen MR) is 71.1 cm³/mol. The van der Waals surface area contributed by atoms with E-state index < -0.39 is 11.6 Å². The summed E-state index contributed by atoms with van der Waals surface area (Å²) in [6.45, 7) is 7.25. The van der Waals surface area contributed by atoms with Crippen molar-refractivity contribution in [1.29, 1.82) is 0 Å². The number of likely N-dealkylation sites (tertiary alicyclic amines) is 1. The number of rotatable bonds is 4. The highest BCUT2D eigenvalue weighted by Crippen LogP contribution is 2.15. The smallest absolute Gasteiger partial charge is 0.410 e. The summed E-state index contributed by atoms with van der Waals surface area (Å²) in [7, 11) is 0. The van der Waals surface area contributed by atoms with Crippen LogP contribution in [-0.2, 0) is 9.53 Å². The van der Waals surface area contributed by atoms with Crippen LogP contribution in [-0.4, -0.2) is 53.3 Å². The van der Waals surface area contributed by atoms with Gasteiger partial charge in [0, 0.05) is 25.7 Å². The highest BCUT2D eigenvalue weighted by Gasteiger charge is 2.27. The van der Waals surface area contributed by atoms with Crippen LogP contribution < -0.4 is 5.32 Å². The van der Waals surface area contributed by atoms with Gasteiger partial charge in [-0.3, -0.25) is 4.79 Å². The number of carboxylic acid groups (broad SMARTS) is 1. The predicted octanol–water partition coefficient (Wildman–Crippen LogP) is 1.45. The molecule has 0 aromatic heterocycles. The van der Waals surface area contributed by atoms with Gasteiger partial charge < -0.3 is 20.1 Å². The maximum Gasteiger partial charge on any atom is 0.410 e. The van der Waals surface area contributed by atoms with Crippen molar-refractivity contribution in [2.45, 2.75) is 51.7 Å². The Bertz CT molecular complexity index is 325. The molecule has 0 aromatic carbocycles. The molecule has 1 fully saturated rings. The highest BCUT2D eigenvalue weighted by atomic mass is 16.6. The minimum atomic E-state index is -0.813. The van der Waals surface area contributed by atoms with Gasteiger partial charge in [-0.05, 0) is 33.6 Å². The first-order valence-corrected chi connectivity index (χ1v) is 6.71. The molecule has 0 saturated carbocycles. The molecule has 0 bridgehead atoms. The molecule has 1 aliphatic rings. The van der Waals surface area contributed by atoms with Crippen molar-refractivity contribution in [2.75, 3.05) is 19.6 Å². The molecule has 1 heterocycles. The number of nitrogens with zero attached hydrogens (tertiary/aromatic N) is 1. The standard InChI is InChI=1S/C13H24N2O4/c1-13(2,3)19-12(18)15-8-4-5-10(9-15)14-7-6-11(16)17/h10,14H,4-9H2,1-3H3,(H,16,17)/t10-/m0/s1. The number of ether oxygens (including phenoxy) is 1. The molecule has 0 unspecified atom stereocenters. The molecule has 0 aliphatic carbocycles. The molecular formula is C13H24N2O4. The Morgan fingerprint density at radius 2 is 2.11 bits per heavy atom. The number of hydrogen-bond donors (Lipinski definition) is 2. The SMILES string of the molecule is CC(C)(C)OC(=O)N1CCC[C@H](NCCC(=O)O)C1. The minimum Gasteiger partial charge on any atom is -0.481 e. The van der Waals surface area contributed by atoms with Gasteiger partial charge in [0.05, 0.1) is 6.42 Å². The van der Waals surface area contributed by atoms with Crippen LogP contribution in [0.4, 0.5) is 4.79 Å². The zero-order valence-electron chi connectivity index (χ0n) is 11.9. The summed E-state index contributed by atoms with van der Waals surface area (Å²) < 4.78 is 5.33. The summed E-state index contributed by atoms with van der Waals surface area (Å²) in [4.78, 5) is 24.1. The molecule has 1 saturated heterocycles. The lowest BCUT2D eigenvalue weighted by Crippen LogP contribution is -2.49. The number of aliphatic carboxylic acids is 1. The highest BCUT2D eigenvalue weighted by molar-refractivity contribution is 5.68. The number of carbonyl (C=O) groups excluding carboxylic acids is 1. The normalized spacial score (nSPS) is 20.2. The lowest BCUT2D eigenvalue weighted by atomic mass is 10.1. The van der Waals surface area contributed by atoms with Gasteiger partial charge in [-0.2, -0.15) is 0 Å². The number of carbonyl (C=O) groups is 2. The van der Waals surface area contributed by atoms with Crippen LogP contribution in [0.2, 0.25) is 0 Å². The Morgan fingerprint density at radius 1 is 1.42 bits per heavy atom. The summed E-state index contributed by atoms with van der Waals surface area (Å²) in [6.07, 6.45) is 1.67. The average molecular weight is 272 g/mol. The maximum atomic E-state index is 11.9. The molecule has 110 valence electrons. The van der Waals surface area contributed by atoms with E-state index in [1.807, 2.05) is 20.8 Å². The van der Waals surface area contributed by atoms with Gasteiger partial charge in [-0.25, -0.2) is 4.79 Å². The third kappa shape index (κ3) is 6.42. The van der Waals surface area contributed by atoms with Crippen molar-refractivity contribution in [3.63, 3.8) is 0 Å². The summed E-state index contributed by atoms with van der Waals surface area (Å²) in [5.41, 5.74) is -0.485. The van der Waals surface area contributed by atoms with Crippen LogP contribution in [0.5, 0.6) is 0 Å². The summed E-state index contributed by atoms with van der Waals surface area (Å²) in [5.74, 6) is -0.813. The number of amides is 1. The Balaban J connectivity index is 2.37. The molecule has 1 amide bonds. The van der Waals surface area contributed by atoms with Crippen molar-refractivity contribution in [3.8, 4) is 0 Å². The van der Waals surface area contributed by atoms with Gasteiger partial charge in [-0.1, -0.05) is 0 Å². The first kappa shape index (κ1) is 15.8. The monoisotopic (exact) mass is 272 g/mol. The molecule has 0 aromatic rings. The van der Waals surface area contributed by atoms with Crippen molar-refractivity contribution >= 4 is 12.1 Å². The van der Waals surface area contributed by atoms with E-state index in [0.29, 0.717) is 19.6 Å². The molecule has 6 heteroatoms. The summed E-state index contributed by atoms with van der Waals surface area (Å²) in [5, 5.41) is 11.8. The van der Waals surface area contributed by atoms with Crippen molar-refractivity contribution in [1.82, 2.24) is 10.2 Å². The Kier molecular flexibility index (Phi) is 5.60. The van der Waals surface area contributed by atoms with Gasteiger partial charge in [-0.15, -0.1) is 0 Å². The Labute approximate surface area is 114 Å². The lowest BCUT2D eigenvalue weighted by molar-refractivity contribution is -0.136. The first-order chi connectivity index (χ1) is 8.78. The molecule has 1 rings (SSSR count). The second-order valence-electron chi connectivity index (χ2n) is 5.86. The molecule has 0 radical (unpaired) electrons. The topological polar surface area (TPSA) is 78.9 Å². The summed E-state index contributed by atoms with van der Waals surface area (Å²) in [6, 6.07) is 0.153. The van der Waals surface area contributed by atoms with E-state index >= 15 is 0 Å². The fraction of sp³-hybridized carbons (Fsp3) is 0.846. The summed E-state index contributed by atoms with van der Waals surface area (Å²) >= 11 is 0. The van der Waals surface area contributed by atoms with E-state index in [0.717, 1.165) is 12.8 Å². The van der Waals surface area contributed by atoms with E-state index in [4.69, 9.17) is 9.84 Å². The lowest BCUT2D eigenvalue weighted by Gasteiger charge is -2.34. The van der Waals surface area contributed by atoms with Gasteiger partial charge >= 0.3 is 12.1 Å². The van der Waals surface area contributed by atoms with Crippen molar-refractivity contribution < 1.29 is 19.4 Å². The average Bonchev–Trinajstić information content (AvgIpc) is 2.26. The Morgan fingerprint density at radius 3 is 2.68 bits per heavy atom. The molecule has 6 nitrogen and oxygen atoms in total. The fourth-order valence-corrected chi connectivity index (χ4v) is 2.02. The van der Waals surface area contributed by atoms with Gasteiger partial charge in [0.25, 0.3) is 0 Å². The number of hydrogen-bond acceptors (Lipinski definition) is 4. The van der Waals surface area contributed by atoms with Crippen molar-refractivity contribution in [3.05, 3.63) is 0 Å². The molecule has 1 atom stereocenters. The van der Waals surface area contributed by atoms with Crippen LogP contribution in [0, 0.1) is 0 Å². The third-order valence-electron chi connectivity index (χ3n) is 2.84. The second-order valence-corrected chi connectivity index (χ2v) is 5.86. The van der Waals surface area contributed by atoms with Crippen LogP contribution in [0.3, 0.4) is 0 Å². The number of carboxylic acids is 1. The Hall–Kier alpha value is -1.30. The van der Waals surface area contributed by atoms with E-state index in [1.54, 1.807) is 4.90 Å². The maximum absolute atomic E-state index is 11.9. The second kappa shape index (κ2) is 6.75. The van der Waals surface area contributed by atoms with Gasteiger partial charge in [0.2, 0.25) is 0 Å². The van der Waals surface area contributed by atoms with Crippen LogP contribution in [0.25, 0.3) is 0 Å². The van der Waals surface area contributed by atoms with Crippen LogP contribution in [0.1, 0.15) is 40.0 Å². The molecule has 0 spiro atoms. The zero-order chi connectivity index (χ0) is 14.5. The fourth-order valence-electron chi connectivity index (χ4n) is 2.02. The van der Waals surface area contributed by atoms with Crippen LogP contribution >= 0.6 is 0 Å². The van der Waals surface area contributed by atoms with Crippen molar-refractivity contribution in [2.24, 2.45) is 0 Å². The van der Waals surface area contributed by atoms with E-state index in [2.05, 4.69) is 5.32 Å². The van der Waals surface area contributed by atoms with E-state index in [9.17, 15) is 9.59 Å². The number of nitrogens with one attached hydrogen (secondary N) is 1. The quantitative estimate of drug-likeness (QED) is 0.810. The van der Waals surface area contributed by atoms with Gasteiger partial charge in [0.1, 0.15) is 5.60 Å². The first-order valence-electron chi connectivity index (χ1n) is 6.71. The molecule has 19 heavy (non-hydrogen) atoms. The third-order valence-corrected chi connectivity index (χ3v) is 2.84. The largest absolute Gasteiger partial charge is 0.481 e. The molecule has 1 aliphatic heterocycles.